The minimum Gasteiger partial charge on any atom is -0.392 e. The molecule has 10 heteroatoms. The SMILES string of the molecule is CCOC(CN1C(=O)[C@@](NC(=O)Nc2ccc(C)cc2)(c2ccc(CO)cc2)c2c(CC(N)=O)cccc21)OCC. The molecule has 3 aromatic rings. The van der Waals surface area contributed by atoms with E-state index in [1.807, 2.05) is 32.9 Å². The molecule has 1 heterocycles. The van der Waals surface area contributed by atoms with E-state index in [4.69, 9.17) is 15.2 Å². The summed E-state index contributed by atoms with van der Waals surface area (Å²) in [4.78, 5) is 41.9. The lowest BCUT2D eigenvalue weighted by Gasteiger charge is -2.32. The molecule has 0 saturated carbocycles. The Kier molecular flexibility index (Phi) is 9.38. The summed E-state index contributed by atoms with van der Waals surface area (Å²) in [5.41, 5.74) is 7.98. The summed E-state index contributed by atoms with van der Waals surface area (Å²) < 4.78 is 11.5. The minimum atomic E-state index is -1.73. The quantitative estimate of drug-likeness (QED) is 0.250. The van der Waals surface area contributed by atoms with Crippen LogP contribution in [0.4, 0.5) is 16.2 Å². The molecule has 41 heavy (non-hydrogen) atoms. The number of aliphatic hydroxyl groups excluding tert-OH is 1. The molecule has 0 aromatic heterocycles. The van der Waals surface area contributed by atoms with Crippen LogP contribution in [0.1, 0.15) is 41.7 Å². The highest BCUT2D eigenvalue weighted by molar-refractivity contribution is 6.13. The fraction of sp³-hybridized carbons (Fsp3) is 0.323. The van der Waals surface area contributed by atoms with Crippen molar-refractivity contribution in [2.24, 2.45) is 5.73 Å². The first-order valence-corrected chi connectivity index (χ1v) is 13.5. The number of anilines is 2. The lowest BCUT2D eigenvalue weighted by atomic mass is 9.80. The van der Waals surface area contributed by atoms with Crippen molar-refractivity contribution in [1.29, 1.82) is 0 Å². The standard InChI is InChI=1S/C31H36N4O6/c1-4-40-27(41-5-2)18-35-25-8-6-7-22(17-26(32)37)28(25)31(29(35)38,23-13-11-21(19-36)12-14-23)34-30(39)33-24-15-9-20(3)10-16-24/h6-16,27,36H,4-5,17-19H2,1-3H3,(H2,32,37)(H2,33,34,39)/t31-/m1/s1. The smallest absolute Gasteiger partial charge is 0.320 e. The predicted molar refractivity (Wildman–Crippen MR) is 155 cm³/mol. The predicted octanol–water partition coefficient (Wildman–Crippen LogP) is 3.33. The number of nitrogens with zero attached hydrogens (tertiary/aromatic N) is 1. The van der Waals surface area contributed by atoms with E-state index in [2.05, 4.69) is 10.6 Å². The number of urea groups is 1. The van der Waals surface area contributed by atoms with E-state index in [9.17, 15) is 19.5 Å². The molecule has 1 aliphatic heterocycles. The number of rotatable bonds is 12. The maximum Gasteiger partial charge on any atom is 0.320 e. The largest absolute Gasteiger partial charge is 0.392 e. The molecule has 0 saturated heterocycles. The van der Waals surface area contributed by atoms with Gasteiger partial charge in [-0.1, -0.05) is 54.1 Å². The van der Waals surface area contributed by atoms with E-state index >= 15 is 0 Å². The number of carbonyl (C=O) groups is 3. The monoisotopic (exact) mass is 560 g/mol. The molecular formula is C31H36N4O6. The van der Waals surface area contributed by atoms with Crippen molar-refractivity contribution in [3.63, 3.8) is 0 Å². The fourth-order valence-corrected chi connectivity index (χ4v) is 5.14. The first-order valence-electron chi connectivity index (χ1n) is 13.5. The third kappa shape index (κ3) is 6.25. The average molecular weight is 561 g/mol. The van der Waals surface area contributed by atoms with Crippen LogP contribution >= 0.6 is 0 Å². The molecule has 10 nitrogen and oxygen atoms in total. The summed E-state index contributed by atoms with van der Waals surface area (Å²) in [6, 6.07) is 18.6. The third-order valence-corrected chi connectivity index (χ3v) is 6.94. The van der Waals surface area contributed by atoms with Gasteiger partial charge >= 0.3 is 6.03 Å². The number of aliphatic hydroxyl groups is 1. The van der Waals surface area contributed by atoms with Gasteiger partial charge < -0.3 is 35.8 Å². The average Bonchev–Trinajstić information content (AvgIpc) is 3.18. The molecule has 4 amide bonds. The summed E-state index contributed by atoms with van der Waals surface area (Å²) in [5, 5.41) is 15.4. The first-order chi connectivity index (χ1) is 19.7. The van der Waals surface area contributed by atoms with Crippen molar-refractivity contribution in [3.05, 3.63) is 94.5 Å². The van der Waals surface area contributed by atoms with Crippen LogP contribution in [-0.4, -0.2) is 49.0 Å². The second-order valence-electron chi connectivity index (χ2n) is 9.76. The van der Waals surface area contributed by atoms with Crippen molar-refractivity contribution in [1.82, 2.24) is 5.32 Å². The summed E-state index contributed by atoms with van der Waals surface area (Å²) in [5.74, 6) is -1.04. The van der Waals surface area contributed by atoms with Crippen molar-refractivity contribution in [2.45, 2.75) is 45.6 Å². The van der Waals surface area contributed by atoms with Crippen LogP contribution in [0.3, 0.4) is 0 Å². The number of amides is 4. The molecule has 0 spiro atoms. The van der Waals surface area contributed by atoms with Crippen LogP contribution in [0.15, 0.2) is 66.7 Å². The number of fused-ring (bicyclic) bond motifs is 1. The Hall–Kier alpha value is -4.25. The Balaban J connectivity index is 1.89. The molecule has 5 N–H and O–H groups in total. The highest BCUT2D eigenvalue weighted by Crippen LogP contribution is 2.47. The lowest BCUT2D eigenvalue weighted by molar-refractivity contribution is -0.136. The number of benzene rings is 3. The molecule has 0 aliphatic carbocycles. The van der Waals surface area contributed by atoms with Gasteiger partial charge in [-0.3, -0.25) is 9.59 Å². The Morgan fingerprint density at radius 3 is 2.24 bits per heavy atom. The molecule has 0 radical (unpaired) electrons. The van der Waals surface area contributed by atoms with E-state index in [0.29, 0.717) is 46.8 Å². The summed E-state index contributed by atoms with van der Waals surface area (Å²) in [6.07, 6.45) is -0.877. The van der Waals surface area contributed by atoms with Gasteiger partial charge in [0.2, 0.25) is 5.91 Å². The highest BCUT2D eigenvalue weighted by Gasteiger charge is 2.55. The topological polar surface area (TPSA) is 143 Å². The van der Waals surface area contributed by atoms with Crippen molar-refractivity contribution >= 4 is 29.2 Å². The lowest BCUT2D eigenvalue weighted by Crippen LogP contribution is -2.56. The second kappa shape index (κ2) is 12.9. The van der Waals surface area contributed by atoms with Gasteiger partial charge in [0.05, 0.1) is 25.3 Å². The number of nitrogens with one attached hydrogen (secondary N) is 2. The van der Waals surface area contributed by atoms with Crippen molar-refractivity contribution in [3.8, 4) is 0 Å². The van der Waals surface area contributed by atoms with Crippen LogP contribution in [0.25, 0.3) is 0 Å². The molecule has 1 aliphatic rings. The Bertz CT molecular complexity index is 1390. The van der Waals surface area contributed by atoms with Gasteiger partial charge in [-0.15, -0.1) is 0 Å². The summed E-state index contributed by atoms with van der Waals surface area (Å²) in [6.45, 7) is 6.20. The first kappa shape index (κ1) is 29.7. The second-order valence-corrected chi connectivity index (χ2v) is 9.76. The molecule has 1 atom stereocenters. The van der Waals surface area contributed by atoms with Gasteiger partial charge in [0.25, 0.3) is 5.91 Å². The molecule has 216 valence electrons. The fourth-order valence-electron chi connectivity index (χ4n) is 5.14. The van der Waals surface area contributed by atoms with Gasteiger partial charge in [0.1, 0.15) is 0 Å². The summed E-state index contributed by atoms with van der Waals surface area (Å²) >= 11 is 0. The Labute approximate surface area is 239 Å². The number of carbonyl (C=O) groups excluding carboxylic acids is 3. The van der Waals surface area contributed by atoms with E-state index in [1.54, 1.807) is 54.6 Å². The number of hydrogen-bond acceptors (Lipinski definition) is 6. The van der Waals surface area contributed by atoms with Crippen LogP contribution in [-0.2, 0) is 37.6 Å². The van der Waals surface area contributed by atoms with Gasteiger partial charge in [0.15, 0.2) is 11.8 Å². The molecule has 4 rings (SSSR count). The van der Waals surface area contributed by atoms with Crippen LogP contribution < -0.4 is 21.3 Å². The van der Waals surface area contributed by atoms with E-state index in [0.717, 1.165) is 5.56 Å². The maximum atomic E-state index is 14.7. The number of ether oxygens (including phenoxy) is 2. The van der Waals surface area contributed by atoms with E-state index < -0.39 is 29.7 Å². The molecule has 0 bridgehead atoms. The van der Waals surface area contributed by atoms with Crippen LogP contribution in [0, 0.1) is 6.92 Å². The zero-order valence-corrected chi connectivity index (χ0v) is 23.5. The molecular weight excluding hydrogens is 524 g/mol. The van der Waals surface area contributed by atoms with Gasteiger partial charge in [0, 0.05) is 24.5 Å². The normalized spacial score (nSPS) is 16.1. The Morgan fingerprint density at radius 1 is 1.00 bits per heavy atom. The number of aryl methyl sites for hydroxylation is 1. The zero-order valence-electron chi connectivity index (χ0n) is 23.5. The van der Waals surface area contributed by atoms with Gasteiger partial charge in [-0.25, -0.2) is 4.79 Å². The van der Waals surface area contributed by atoms with Crippen LogP contribution in [0.2, 0.25) is 0 Å². The highest BCUT2D eigenvalue weighted by atomic mass is 16.7. The van der Waals surface area contributed by atoms with Crippen molar-refractivity contribution < 1.29 is 29.0 Å². The zero-order chi connectivity index (χ0) is 29.6. The number of primary amides is 1. The Morgan fingerprint density at radius 2 is 1.66 bits per heavy atom. The molecule has 0 unspecified atom stereocenters. The number of nitrogens with two attached hydrogens (primary N) is 1. The van der Waals surface area contributed by atoms with E-state index in [1.165, 1.54) is 4.90 Å². The van der Waals surface area contributed by atoms with Gasteiger partial charge in [-0.05, 0) is 55.7 Å². The maximum absolute atomic E-state index is 14.7. The van der Waals surface area contributed by atoms with Crippen LogP contribution in [0.5, 0.6) is 0 Å². The van der Waals surface area contributed by atoms with E-state index in [-0.39, 0.29) is 19.6 Å². The molecule has 0 fully saturated rings. The van der Waals surface area contributed by atoms with Crippen molar-refractivity contribution in [2.75, 3.05) is 30.0 Å². The summed E-state index contributed by atoms with van der Waals surface area (Å²) in [7, 11) is 0. The third-order valence-electron chi connectivity index (χ3n) is 6.94. The van der Waals surface area contributed by atoms with Gasteiger partial charge in [-0.2, -0.15) is 0 Å². The molecule has 3 aromatic carbocycles. The minimum absolute atomic E-state index is 0.0469. The number of hydrogen-bond donors (Lipinski definition) is 4.